The Morgan fingerprint density at radius 1 is 1.20 bits per heavy atom. The van der Waals surface area contributed by atoms with Crippen LogP contribution < -0.4 is 5.43 Å². The Hall–Kier alpha value is -0.700. The van der Waals surface area contributed by atoms with Crippen LogP contribution in [0.1, 0.15) is 6.92 Å². The molecule has 2 nitrogen and oxygen atoms in total. The summed E-state index contributed by atoms with van der Waals surface area (Å²) in [5, 5.41) is 5.27. The zero-order valence-corrected chi connectivity index (χ0v) is 10.2. The van der Waals surface area contributed by atoms with Gasteiger partial charge in [-0.3, -0.25) is 5.43 Å². The van der Waals surface area contributed by atoms with Crippen molar-refractivity contribution in [1.29, 1.82) is 0 Å². The average Bonchev–Trinajstić information content (AvgIpc) is 2.15. The summed E-state index contributed by atoms with van der Waals surface area (Å²) >= 11 is 17.6. The number of allylic oxidation sites excluding steroid dienone is 2. The van der Waals surface area contributed by atoms with Gasteiger partial charge in [0.15, 0.2) is 0 Å². The number of nitrogens with one attached hydrogen (secondary N) is 1. The van der Waals surface area contributed by atoms with Gasteiger partial charge in [0.1, 0.15) is 0 Å². The van der Waals surface area contributed by atoms with Gasteiger partial charge in [0.2, 0.25) is 0 Å². The van der Waals surface area contributed by atoms with Gasteiger partial charge in [0, 0.05) is 11.2 Å². The normalized spacial score (nSPS) is 11.5. The van der Waals surface area contributed by atoms with E-state index in [1.807, 2.05) is 13.0 Å². The molecular weight excluding hydrogens is 254 g/mol. The largest absolute Gasteiger partial charge is 0.275 e. The SMILES string of the molecule is C/C=C/C=N/Nc1c(Cl)cc(Cl)cc1Cl. The highest BCUT2D eigenvalue weighted by Gasteiger charge is 2.05. The van der Waals surface area contributed by atoms with E-state index in [2.05, 4.69) is 10.5 Å². The molecule has 0 radical (unpaired) electrons. The van der Waals surface area contributed by atoms with Crippen LogP contribution in [0.25, 0.3) is 0 Å². The molecule has 80 valence electrons. The highest BCUT2D eigenvalue weighted by Crippen LogP contribution is 2.33. The van der Waals surface area contributed by atoms with Gasteiger partial charge in [-0.25, -0.2) is 0 Å². The lowest BCUT2D eigenvalue weighted by Crippen LogP contribution is -1.90. The molecule has 0 fully saturated rings. The van der Waals surface area contributed by atoms with Crippen molar-refractivity contribution >= 4 is 46.7 Å². The Morgan fingerprint density at radius 3 is 2.33 bits per heavy atom. The minimum atomic E-state index is 0.435. The average molecular weight is 264 g/mol. The van der Waals surface area contributed by atoms with Crippen molar-refractivity contribution in [3.05, 3.63) is 39.4 Å². The molecule has 0 bridgehead atoms. The molecule has 0 aliphatic rings. The van der Waals surface area contributed by atoms with Crippen LogP contribution in [0.4, 0.5) is 5.69 Å². The fraction of sp³-hybridized carbons (Fsp3) is 0.100. The molecule has 0 amide bonds. The fourth-order valence-electron chi connectivity index (χ4n) is 0.880. The Kier molecular flexibility index (Phi) is 4.95. The molecule has 0 heterocycles. The summed E-state index contributed by atoms with van der Waals surface area (Å²) in [6.45, 7) is 1.90. The summed E-state index contributed by atoms with van der Waals surface area (Å²) in [4.78, 5) is 0. The molecule has 1 N–H and O–H groups in total. The lowest BCUT2D eigenvalue weighted by Gasteiger charge is -2.05. The highest BCUT2D eigenvalue weighted by molar-refractivity contribution is 6.41. The van der Waals surface area contributed by atoms with Gasteiger partial charge in [-0.05, 0) is 25.1 Å². The molecule has 1 aromatic carbocycles. The monoisotopic (exact) mass is 262 g/mol. The molecule has 0 atom stereocenters. The topological polar surface area (TPSA) is 24.4 Å². The molecule has 0 unspecified atom stereocenters. The van der Waals surface area contributed by atoms with Crippen LogP contribution >= 0.6 is 34.8 Å². The van der Waals surface area contributed by atoms with Crippen molar-refractivity contribution < 1.29 is 0 Å². The second-order valence-electron chi connectivity index (χ2n) is 2.66. The number of anilines is 1. The summed E-state index contributed by atoms with van der Waals surface area (Å²) in [5.41, 5.74) is 3.28. The summed E-state index contributed by atoms with van der Waals surface area (Å²) < 4.78 is 0. The lowest BCUT2D eigenvalue weighted by molar-refractivity contribution is 1.35. The van der Waals surface area contributed by atoms with Gasteiger partial charge in [0.25, 0.3) is 0 Å². The van der Waals surface area contributed by atoms with Crippen molar-refractivity contribution in [3.8, 4) is 0 Å². The first-order valence-corrected chi connectivity index (χ1v) is 5.33. The van der Waals surface area contributed by atoms with E-state index in [4.69, 9.17) is 34.8 Å². The third-order valence-corrected chi connectivity index (χ3v) is 2.35. The zero-order valence-electron chi connectivity index (χ0n) is 7.97. The quantitative estimate of drug-likeness (QED) is 0.624. The molecule has 15 heavy (non-hydrogen) atoms. The summed E-state index contributed by atoms with van der Waals surface area (Å²) in [5.74, 6) is 0. The Bertz CT molecular complexity index is 377. The molecular formula is C10H9Cl3N2. The maximum Gasteiger partial charge on any atom is 0.0935 e. The molecule has 0 spiro atoms. The van der Waals surface area contributed by atoms with Gasteiger partial charge in [0.05, 0.1) is 15.7 Å². The number of rotatable bonds is 3. The molecule has 1 aromatic rings. The van der Waals surface area contributed by atoms with Gasteiger partial charge in [-0.15, -0.1) is 0 Å². The predicted molar refractivity (Wildman–Crippen MR) is 68.4 cm³/mol. The van der Waals surface area contributed by atoms with E-state index in [9.17, 15) is 0 Å². The number of hydrogen-bond donors (Lipinski definition) is 1. The minimum absolute atomic E-state index is 0.435. The van der Waals surface area contributed by atoms with Gasteiger partial charge >= 0.3 is 0 Å². The standard InChI is InChI=1S/C10H9Cl3N2/c1-2-3-4-14-15-10-8(12)5-7(11)6-9(10)13/h2-6,15H,1H3/b3-2+,14-4+. The van der Waals surface area contributed by atoms with E-state index in [0.29, 0.717) is 20.8 Å². The van der Waals surface area contributed by atoms with Crippen LogP contribution in [0.5, 0.6) is 0 Å². The predicted octanol–water partition coefficient (Wildman–Crippen LogP) is 4.62. The van der Waals surface area contributed by atoms with Gasteiger partial charge in [-0.2, -0.15) is 5.10 Å². The maximum atomic E-state index is 5.92. The minimum Gasteiger partial charge on any atom is -0.275 e. The number of benzene rings is 1. The van der Waals surface area contributed by atoms with Gasteiger partial charge in [-0.1, -0.05) is 40.9 Å². The van der Waals surface area contributed by atoms with Crippen LogP contribution in [0.2, 0.25) is 15.1 Å². The zero-order chi connectivity index (χ0) is 11.3. The van der Waals surface area contributed by atoms with E-state index in [1.165, 1.54) is 0 Å². The molecule has 0 aromatic heterocycles. The van der Waals surface area contributed by atoms with Crippen molar-refractivity contribution in [2.45, 2.75) is 6.92 Å². The first kappa shape index (κ1) is 12.4. The van der Waals surface area contributed by atoms with Crippen molar-refractivity contribution in [2.75, 3.05) is 5.43 Å². The number of hydrazone groups is 1. The fourth-order valence-corrected chi connectivity index (χ4v) is 1.78. The van der Waals surface area contributed by atoms with Crippen LogP contribution in [-0.4, -0.2) is 6.21 Å². The molecule has 0 saturated carbocycles. The third-order valence-electron chi connectivity index (χ3n) is 1.54. The highest BCUT2D eigenvalue weighted by atomic mass is 35.5. The molecule has 0 saturated heterocycles. The van der Waals surface area contributed by atoms with Crippen LogP contribution in [0, 0.1) is 0 Å². The molecule has 5 heteroatoms. The Labute approximate surface area is 104 Å². The summed E-state index contributed by atoms with van der Waals surface area (Å²) in [6.07, 6.45) is 5.24. The second kappa shape index (κ2) is 6.01. The van der Waals surface area contributed by atoms with Crippen LogP contribution in [-0.2, 0) is 0 Å². The number of halogens is 3. The maximum absolute atomic E-state index is 5.92. The molecule has 1 rings (SSSR count). The van der Waals surface area contributed by atoms with E-state index < -0.39 is 0 Å². The van der Waals surface area contributed by atoms with Gasteiger partial charge < -0.3 is 0 Å². The molecule has 0 aliphatic carbocycles. The van der Waals surface area contributed by atoms with Crippen molar-refractivity contribution in [1.82, 2.24) is 0 Å². The van der Waals surface area contributed by atoms with Crippen molar-refractivity contribution in [3.63, 3.8) is 0 Å². The summed E-state index contributed by atoms with van der Waals surface area (Å²) in [6, 6.07) is 3.20. The second-order valence-corrected chi connectivity index (χ2v) is 3.91. The smallest absolute Gasteiger partial charge is 0.0935 e. The Morgan fingerprint density at radius 2 is 1.80 bits per heavy atom. The number of nitrogens with zero attached hydrogens (tertiary/aromatic N) is 1. The molecule has 0 aliphatic heterocycles. The first-order chi connectivity index (χ1) is 7.15. The van der Waals surface area contributed by atoms with E-state index >= 15 is 0 Å². The van der Waals surface area contributed by atoms with E-state index in [-0.39, 0.29) is 0 Å². The lowest BCUT2D eigenvalue weighted by atomic mass is 10.3. The van der Waals surface area contributed by atoms with E-state index in [0.717, 1.165) is 0 Å². The van der Waals surface area contributed by atoms with E-state index in [1.54, 1.807) is 24.4 Å². The first-order valence-electron chi connectivity index (χ1n) is 4.20. The van der Waals surface area contributed by atoms with Crippen LogP contribution in [0.3, 0.4) is 0 Å². The number of hydrogen-bond acceptors (Lipinski definition) is 2. The summed E-state index contributed by atoms with van der Waals surface area (Å²) in [7, 11) is 0. The van der Waals surface area contributed by atoms with Crippen molar-refractivity contribution in [2.24, 2.45) is 5.10 Å². The Balaban J connectivity index is 2.85. The third kappa shape index (κ3) is 3.74. The van der Waals surface area contributed by atoms with Crippen LogP contribution in [0.15, 0.2) is 29.4 Å².